The Bertz CT molecular complexity index is 795. The zero-order chi connectivity index (χ0) is 16.5. The van der Waals surface area contributed by atoms with Crippen molar-refractivity contribution >= 4 is 43.2 Å². The third-order valence-electron chi connectivity index (χ3n) is 2.55. The van der Waals surface area contributed by atoms with Gasteiger partial charge in [0.15, 0.2) is 0 Å². The Labute approximate surface area is 137 Å². The van der Waals surface area contributed by atoms with Crippen molar-refractivity contribution in [2.45, 2.75) is 11.1 Å². The Balaban J connectivity index is 2.27. The predicted molar refractivity (Wildman–Crippen MR) is 79.2 cm³/mol. The number of nitrogens with zero attached hydrogens (tertiary/aromatic N) is 1. The largest absolute Gasteiger partial charge is 0.416 e. The molecule has 118 valence electrons. The second-order valence-electron chi connectivity index (χ2n) is 4.12. The minimum atomic E-state index is -4.48. The Hall–Kier alpha value is -1.32. The van der Waals surface area contributed by atoms with E-state index >= 15 is 0 Å². The molecule has 2 rings (SSSR count). The van der Waals surface area contributed by atoms with Crippen LogP contribution in [-0.4, -0.2) is 13.4 Å². The summed E-state index contributed by atoms with van der Waals surface area (Å²) < 4.78 is 64.0. The van der Waals surface area contributed by atoms with E-state index in [-0.39, 0.29) is 20.2 Å². The van der Waals surface area contributed by atoms with Crippen molar-refractivity contribution in [1.29, 1.82) is 0 Å². The molecule has 10 heteroatoms. The number of nitrogens with one attached hydrogen (secondary N) is 1. The highest BCUT2D eigenvalue weighted by Gasteiger charge is 2.30. The average Bonchev–Trinajstić information content (AvgIpc) is 2.41. The SMILES string of the molecule is O=S(=O)(Nc1ccc(C(F)(F)F)cc1)c1cnc(Cl)c(Br)c1. The molecule has 0 spiro atoms. The van der Waals surface area contributed by atoms with E-state index in [0.29, 0.717) is 0 Å². The third-order valence-corrected chi connectivity index (χ3v) is 5.03. The van der Waals surface area contributed by atoms with Gasteiger partial charge in [-0.2, -0.15) is 13.2 Å². The van der Waals surface area contributed by atoms with E-state index in [2.05, 4.69) is 25.6 Å². The van der Waals surface area contributed by atoms with Gasteiger partial charge >= 0.3 is 6.18 Å². The summed E-state index contributed by atoms with van der Waals surface area (Å²) in [5.74, 6) is 0. The van der Waals surface area contributed by atoms with Gasteiger partial charge in [-0.1, -0.05) is 11.6 Å². The van der Waals surface area contributed by atoms with Crippen LogP contribution in [0.1, 0.15) is 5.56 Å². The predicted octanol–water partition coefficient (Wildman–Crippen LogP) is 4.32. The molecule has 0 saturated carbocycles. The number of hydrogen-bond donors (Lipinski definition) is 1. The number of pyridine rings is 1. The van der Waals surface area contributed by atoms with Crippen molar-refractivity contribution in [3.05, 3.63) is 51.7 Å². The summed E-state index contributed by atoms with van der Waals surface area (Å²) in [4.78, 5) is 3.51. The lowest BCUT2D eigenvalue weighted by Crippen LogP contribution is -2.13. The fourth-order valence-corrected chi connectivity index (χ4v) is 3.12. The number of aromatic nitrogens is 1. The first-order valence-electron chi connectivity index (χ1n) is 5.61. The van der Waals surface area contributed by atoms with Crippen LogP contribution >= 0.6 is 27.5 Å². The van der Waals surface area contributed by atoms with Crippen LogP contribution in [0.4, 0.5) is 18.9 Å². The molecule has 0 bridgehead atoms. The topological polar surface area (TPSA) is 59.1 Å². The zero-order valence-corrected chi connectivity index (χ0v) is 13.7. The van der Waals surface area contributed by atoms with Gasteiger partial charge in [-0.3, -0.25) is 4.72 Å². The van der Waals surface area contributed by atoms with Crippen LogP contribution in [0.5, 0.6) is 0 Å². The van der Waals surface area contributed by atoms with Gasteiger partial charge in [0.1, 0.15) is 10.0 Å². The molecule has 22 heavy (non-hydrogen) atoms. The van der Waals surface area contributed by atoms with Gasteiger partial charge in [-0.25, -0.2) is 13.4 Å². The maximum atomic E-state index is 12.4. The van der Waals surface area contributed by atoms with Crippen LogP contribution in [0.25, 0.3) is 0 Å². The summed E-state index contributed by atoms with van der Waals surface area (Å²) in [6.45, 7) is 0. The summed E-state index contributed by atoms with van der Waals surface area (Å²) in [5, 5.41) is 0.0912. The standard InChI is InChI=1S/C12H7BrClF3N2O2S/c13-10-5-9(6-18-11(10)14)22(20,21)19-8-3-1-7(2-4-8)12(15,16)17/h1-6,19H. The van der Waals surface area contributed by atoms with Crippen molar-refractivity contribution in [3.63, 3.8) is 0 Å². The smallest absolute Gasteiger partial charge is 0.280 e. The lowest BCUT2D eigenvalue weighted by atomic mass is 10.2. The molecule has 0 aliphatic rings. The number of benzene rings is 1. The molecule has 0 unspecified atom stereocenters. The Morgan fingerprint density at radius 1 is 1.18 bits per heavy atom. The summed E-state index contributed by atoms with van der Waals surface area (Å²) in [5.41, 5.74) is -0.870. The second-order valence-corrected chi connectivity index (χ2v) is 7.02. The number of rotatable bonds is 3. The number of hydrogen-bond acceptors (Lipinski definition) is 3. The van der Waals surface area contributed by atoms with Crippen LogP contribution in [-0.2, 0) is 16.2 Å². The fraction of sp³-hybridized carbons (Fsp3) is 0.0833. The lowest BCUT2D eigenvalue weighted by molar-refractivity contribution is -0.137. The summed E-state index contributed by atoms with van der Waals surface area (Å²) >= 11 is 8.71. The number of alkyl halides is 3. The minimum Gasteiger partial charge on any atom is -0.280 e. The van der Waals surface area contributed by atoms with Gasteiger partial charge in [0.25, 0.3) is 10.0 Å². The van der Waals surface area contributed by atoms with Crippen LogP contribution in [0.2, 0.25) is 5.15 Å². The first kappa shape index (κ1) is 17.0. The highest BCUT2D eigenvalue weighted by molar-refractivity contribution is 9.10. The molecular weight excluding hydrogens is 409 g/mol. The molecule has 0 aliphatic carbocycles. The van der Waals surface area contributed by atoms with Gasteiger partial charge in [0, 0.05) is 11.9 Å². The molecule has 2 aromatic rings. The molecule has 0 atom stereocenters. The van der Waals surface area contributed by atoms with Crippen molar-refractivity contribution in [2.24, 2.45) is 0 Å². The lowest BCUT2D eigenvalue weighted by Gasteiger charge is -2.10. The maximum absolute atomic E-state index is 12.4. The van der Waals surface area contributed by atoms with Gasteiger partial charge in [-0.15, -0.1) is 0 Å². The molecule has 0 fully saturated rings. The first-order chi connectivity index (χ1) is 10.1. The highest BCUT2D eigenvalue weighted by Crippen LogP contribution is 2.30. The van der Waals surface area contributed by atoms with Crippen molar-refractivity contribution < 1.29 is 21.6 Å². The van der Waals surface area contributed by atoms with Gasteiger partial charge < -0.3 is 0 Å². The molecule has 0 aliphatic heterocycles. The van der Waals surface area contributed by atoms with Gasteiger partial charge in [0.05, 0.1) is 10.0 Å². The van der Waals surface area contributed by atoms with E-state index in [1.807, 2.05) is 0 Å². The highest BCUT2D eigenvalue weighted by atomic mass is 79.9. The number of sulfonamides is 1. The molecule has 1 aromatic heterocycles. The van der Waals surface area contributed by atoms with Crippen LogP contribution < -0.4 is 4.72 Å². The Kier molecular flexibility index (Phi) is 4.69. The van der Waals surface area contributed by atoms with Crippen LogP contribution in [0.3, 0.4) is 0 Å². The van der Waals surface area contributed by atoms with E-state index in [0.717, 1.165) is 30.5 Å². The molecule has 4 nitrogen and oxygen atoms in total. The Morgan fingerprint density at radius 2 is 1.77 bits per heavy atom. The van der Waals surface area contributed by atoms with E-state index in [1.54, 1.807) is 0 Å². The van der Waals surface area contributed by atoms with E-state index in [4.69, 9.17) is 11.6 Å². The second kappa shape index (κ2) is 6.05. The van der Waals surface area contributed by atoms with Gasteiger partial charge in [0.2, 0.25) is 0 Å². The Morgan fingerprint density at radius 3 is 2.27 bits per heavy atom. The molecular formula is C12H7BrClF3N2O2S. The normalized spacial score (nSPS) is 12.2. The maximum Gasteiger partial charge on any atom is 0.416 e. The number of halogens is 5. The van der Waals surface area contributed by atoms with Crippen molar-refractivity contribution in [3.8, 4) is 0 Å². The zero-order valence-electron chi connectivity index (χ0n) is 10.5. The third kappa shape index (κ3) is 3.90. The minimum absolute atomic E-state index is 0.000859. The summed E-state index contributed by atoms with van der Waals surface area (Å²) in [6, 6.07) is 4.86. The van der Waals surface area contributed by atoms with Crippen molar-refractivity contribution in [1.82, 2.24) is 4.98 Å². The van der Waals surface area contributed by atoms with Crippen LogP contribution in [0.15, 0.2) is 45.9 Å². The first-order valence-corrected chi connectivity index (χ1v) is 8.26. The van der Waals surface area contributed by atoms with E-state index in [9.17, 15) is 21.6 Å². The molecule has 0 saturated heterocycles. The molecule has 1 N–H and O–H groups in total. The van der Waals surface area contributed by atoms with Crippen molar-refractivity contribution in [2.75, 3.05) is 4.72 Å². The van der Waals surface area contributed by atoms with E-state index in [1.165, 1.54) is 6.07 Å². The van der Waals surface area contributed by atoms with Crippen LogP contribution in [0, 0.1) is 0 Å². The molecule has 0 radical (unpaired) electrons. The molecule has 1 aromatic carbocycles. The monoisotopic (exact) mass is 414 g/mol. The van der Waals surface area contributed by atoms with E-state index < -0.39 is 21.8 Å². The number of anilines is 1. The molecule has 1 heterocycles. The summed E-state index contributed by atoms with van der Waals surface area (Å²) in [7, 11) is -3.98. The fourth-order valence-electron chi connectivity index (χ4n) is 1.49. The average molecular weight is 416 g/mol. The quantitative estimate of drug-likeness (QED) is 0.760. The summed E-state index contributed by atoms with van der Waals surface area (Å²) in [6.07, 6.45) is -3.44. The molecule has 0 amide bonds. The van der Waals surface area contributed by atoms with Gasteiger partial charge in [-0.05, 0) is 46.3 Å².